The second-order valence-electron chi connectivity index (χ2n) is 6.31. The molecular weight excluding hydrogens is 360 g/mol. The summed E-state index contributed by atoms with van der Waals surface area (Å²) in [7, 11) is -3.52. The van der Waals surface area contributed by atoms with Gasteiger partial charge in [0.1, 0.15) is 0 Å². The van der Waals surface area contributed by atoms with Gasteiger partial charge in [-0.05, 0) is 37.6 Å². The molecule has 0 aromatic heterocycles. The molecule has 2 aromatic carbocycles. The van der Waals surface area contributed by atoms with E-state index >= 15 is 0 Å². The molecule has 0 radical (unpaired) electrons. The summed E-state index contributed by atoms with van der Waals surface area (Å²) in [6, 6.07) is 15.0. The average molecular weight is 383 g/mol. The molecule has 0 saturated carbocycles. The Morgan fingerprint density at radius 3 is 2.32 bits per heavy atom. The first-order chi connectivity index (χ1) is 11.2. The zero-order valence-electron chi connectivity index (χ0n) is 14.2. The summed E-state index contributed by atoms with van der Waals surface area (Å²) in [5.41, 5.74) is 6.05. The summed E-state index contributed by atoms with van der Waals surface area (Å²) >= 11 is 0. The molecule has 0 aliphatic carbocycles. The average Bonchev–Trinajstić information content (AvgIpc) is 2.55. The van der Waals surface area contributed by atoms with E-state index in [1.54, 1.807) is 50.2 Å². The highest BCUT2D eigenvalue weighted by molar-refractivity contribution is 7.90. The Kier molecular flexibility index (Phi) is 7.17. The van der Waals surface area contributed by atoms with Gasteiger partial charge >= 0.3 is 0 Å². The zero-order chi connectivity index (χ0) is 17.8. The van der Waals surface area contributed by atoms with Crippen molar-refractivity contribution in [2.24, 2.45) is 5.73 Å². The third-order valence-electron chi connectivity index (χ3n) is 3.62. The number of hydrogen-bond donors (Lipinski definition) is 2. The van der Waals surface area contributed by atoms with Crippen molar-refractivity contribution in [1.82, 2.24) is 5.32 Å². The number of nitrogens with one attached hydrogen (secondary N) is 1. The molecule has 0 heterocycles. The number of carbonyl (C=O) groups is 1. The monoisotopic (exact) mass is 382 g/mol. The fraction of sp³-hybridized carbons (Fsp3) is 0.278. The van der Waals surface area contributed by atoms with Gasteiger partial charge in [-0.3, -0.25) is 4.79 Å². The lowest BCUT2D eigenvalue weighted by atomic mass is 10.1. The highest BCUT2D eigenvalue weighted by atomic mass is 35.5. The van der Waals surface area contributed by atoms with E-state index in [0.29, 0.717) is 11.1 Å². The van der Waals surface area contributed by atoms with Crippen LogP contribution in [0.1, 0.15) is 29.8 Å². The third kappa shape index (κ3) is 5.85. The predicted molar refractivity (Wildman–Crippen MR) is 102 cm³/mol. The summed E-state index contributed by atoms with van der Waals surface area (Å²) in [6.07, 6.45) is 0. The second-order valence-corrected chi connectivity index (χ2v) is 8.30. The van der Waals surface area contributed by atoms with E-state index in [4.69, 9.17) is 5.73 Å². The lowest BCUT2D eigenvalue weighted by Crippen LogP contribution is -2.48. The molecule has 0 fully saturated rings. The minimum atomic E-state index is -3.52. The Bertz CT molecular complexity index is 821. The number of amides is 1. The minimum absolute atomic E-state index is 0. The SMILES string of the molecule is CC(C)(CN)NC(=O)c1cccc(S(=O)(=O)Cc2ccccc2)c1.Cl. The number of hydrogen-bond acceptors (Lipinski definition) is 4. The second kappa shape index (κ2) is 8.47. The van der Waals surface area contributed by atoms with E-state index in [9.17, 15) is 13.2 Å². The molecule has 2 rings (SSSR count). The quantitative estimate of drug-likeness (QED) is 0.803. The van der Waals surface area contributed by atoms with Gasteiger partial charge in [0, 0.05) is 17.6 Å². The van der Waals surface area contributed by atoms with Crippen LogP contribution in [0, 0.1) is 0 Å². The maximum absolute atomic E-state index is 12.6. The number of sulfone groups is 1. The third-order valence-corrected chi connectivity index (χ3v) is 5.30. The Hall–Kier alpha value is -1.89. The van der Waals surface area contributed by atoms with E-state index in [0.717, 1.165) is 0 Å². The number of benzene rings is 2. The van der Waals surface area contributed by atoms with E-state index in [1.165, 1.54) is 12.1 Å². The first-order valence-electron chi connectivity index (χ1n) is 7.63. The Morgan fingerprint density at radius 2 is 1.72 bits per heavy atom. The molecular formula is C18H23ClN2O3S. The van der Waals surface area contributed by atoms with Crippen molar-refractivity contribution in [1.29, 1.82) is 0 Å². The summed E-state index contributed by atoms with van der Waals surface area (Å²) in [5.74, 6) is -0.449. The standard InChI is InChI=1S/C18H22N2O3S.ClH/c1-18(2,13-19)20-17(21)15-9-6-10-16(11-15)24(22,23)12-14-7-4-3-5-8-14;/h3-11H,12-13,19H2,1-2H3,(H,20,21);1H. The van der Waals surface area contributed by atoms with Crippen molar-refractivity contribution in [3.63, 3.8) is 0 Å². The molecule has 1 amide bonds. The van der Waals surface area contributed by atoms with Crippen LogP contribution >= 0.6 is 12.4 Å². The molecule has 25 heavy (non-hydrogen) atoms. The highest BCUT2D eigenvalue weighted by Gasteiger charge is 2.21. The van der Waals surface area contributed by atoms with Crippen molar-refractivity contribution in [3.05, 3.63) is 65.7 Å². The van der Waals surface area contributed by atoms with Gasteiger partial charge in [-0.2, -0.15) is 0 Å². The van der Waals surface area contributed by atoms with Crippen molar-refractivity contribution >= 4 is 28.2 Å². The molecule has 0 spiro atoms. The lowest BCUT2D eigenvalue weighted by molar-refractivity contribution is 0.0915. The molecule has 2 aromatic rings. The molecule has 0 bridgehead atoms. The molecule has 0 saturated heterocycles. The van der Waals surface area contributed by atoms with Crippen LogP contribution in [-0.4, -0.2) is 26.4 Å². The number of nitrogens with two attached hydrogens (primary N) is 1. The van der Waals surface area contributed by atoms with Gasteiger partial charge in [0.25, 0.3) is 5.91 Å². The lowest BCUT2D eigenvalue weighted by Gasteiger charge is -2.24. The van der Waals surface area contributed by atoms with Gasteiger partial charge < -0.3 is 11.1 Å². The fourth-order valence-electron chi connectivity index (χ4n) is 2.14. The van der Waals surface area contributed by atoms with Crippen LogP contribution in [0.15, 0.2) is 59.5 Å². The van der Waals surface area contributed by atoms with Crippen LogP contribution < -0.4 is 11.1 Å². The predicted octanol–water partition coefficient (Wildman–Crippen LogP) is 2.55. The molecule has 0 unspecified atom stereocenters. The van der Waals surface area contributed by atoms with Crippen LogP contribution in [0.25, 0.3) is 0 Å². The van der Waals surface area contributed by atoms with Crippen molar-refractivity contribution in [3.8, 4) is 0 Å². The van der Waals surface area contributed by atoms with E-state index in [-0.39, 0.29) is 35.5 Å². The first kappa shape index (κ1) is 21.2. The molecule has 0 aliphatic rings. The van der Waals surface area contributed by atoms with Gasteiger partial charge in [0.15, 0.2) is 9.84 Å². The first-order valence-corrected chi connectivity index (χ1v) is 9.28. The normalized spacial score (nSPS) is 11.5. The number of halogens is 1. The van der Waals surface area contributed by atoms with Crippen LogP contribution in [-0.2, 0) is 15.6 Å². The smallest absolute Gasteiger partial charge is 0.251 e. The van der Waals surface area contributed by atoms with Crippen molar-refractivity contribution in [2.45, 2.75) is 30.0 Å². The van der Waals surface area contributed by atoms with Gasteiger partial charge in [-0.25, -0.2) is 8.42 Å². The molecule has 0 aliphatic heterocycles. The maximum atomic E-state index is 12.6. The largest absolute Gasteiger partial charge is 0.346 e. The molecule has 136 valence electrons. The topological polar surface area (TPSA) is 89.3 Å². The molecule has 7 heteroatoms. The minimum Gasteiger partial charge on any atom is -0.346 e. The van der Waals surface area contributed by atoms with E-state index in [2.05, 4.69) is 5.32 Å². The molecule has 3 N–H and O–H groups in total. The highest BCUT2D eigenvalue weighted by Crippen LogP contribution is 2.18. The van der Waals surface area contributed by atoms with Gasteiger partial charge in [-0.15, -0.1) is 12.4 Å². The number of carbonyl (C=O) groups excluding carboxylic acids is 1. The molecule has 5 nitrogen and oxygen atoms in total. The van der Waals surface area contributed by atoms with Gasteiger partial charge in [-0.1, -0.05) is 36.4 Å². The number of rotatable bonds is 6. The van der Waals surface area contributed by atoms with E-state index < -0.39 is 15.4 Å². The van der Waals surface area contributed by atoms with Crippen molar-refractivity contribution in [2.75, 3.05) is 6.54 Å². The Morgan fingerprint density at radius 1 is 1.08 bits per heavy atom. The van der Waals surface area contributed by atoms with Crippen LogP contribution in [0.4, 0.5) is 0 Å². The summed E-state index contributed by atoms with van der Waals surface area (Å²) < 4.78 is 25.1. The zero-order valence-corrected chi connectivity index (χ0v) is 15.9. The van der Waals surface area contributed by atoms with Gasteiger partial charge in [0.05, 0.1) is 10.6 Å². The van der Waals surface area contributed by atoms with Crippen LogP contribution in [0.2, 0.25) is 0 Å². The van der Waals surface area contributed by atoms with Gasteiger partial charge in [0.2, 0.25) is 0 Å². The van der Waals surface area contributed by atoms with Crippen LogP contribution in [0.5, 0.6) is 0 Å². The molecule has 0 atom stereocenters. The Balaban J connectivity index is 0.00000312. The summed E-state index contributed by atoms with van der Waals surface area (Å²) in [6.45, 7) is 3.90. The Labute approximate surface area is 155 Å². The maximum Gasteiger partial charge on any atom is 0.251 e. The van der Waals surface area contributed by atoms with E-state index in [1.807, 2.05) is 6.07 Å². The summed E-state index contributed by atoms with van der Waals surface area (Å²) in [4.78, 5) is 12.4. The van der Waals surface area contributed by atoms with Crippen LogP contribution in [0.3, 0.4) is 0 Å². The van der Waals surface area contributed by atoms with Crippen molar-refractivity contribution < 1.29 is 13.2 Å². The fourth-order valence-corrected chi connectivity index (χ4v) is 3.53. The summed E-state index contributed by atoms with van der Waals surface area (Å²) in [5, 5.41) is 2.79.